The Bertz CT molecular complexity index is 269. The minimum absolute atomic E-state index is 0.0839. The van der Waals surface area contributed by atoms with Gasteiger partial charge in [0.15, 0.2) is 0 Å². The van der Waals surface area contributed by atoms with Gasteiger partial charge < -0.3 is 4.74 Å². The van der Waals surface area contributed by atoms with Crippen LogP contribution >= 0.6 is 0 Å². The number of ether oxygens (including phenoxy) is 1. The molecule has 4 aliphatic rings. The molecular weight excluding hydrogens is 126 g/mol. The lowest BCUT2D eigenvalue weighted by atomic mass is 9.80. The highest BCUT2D eigenvalue weighted by Gasteiger charge is 2.49. The first-order valence-corrected chi connectivity index (χ1v) is 3.50. The van der Waals surface area contributed by atoms with Crippen LogP contribution in [0.1, 0.15) is 6.42 Å². The summed E-state index contributed by atoms with van der Waals surface area (Å²) in [6.07, 6.45) is 9.46. The highest BCUT2D eigenvalue weighted by molar-refractivity contribution is 5.81. The molecule has 1 spiro atoms. The molecule has 3 aliphatic heterocycles. The normalized spacial score (nSPS) is 46.4. The van der Waals surface area contributed by atoms with Gasteiger partial charge in [-0.15, -0.1) is 0 Å². The molecule has 0 aromatic heterocycles. The van der Waals surface area contributed by atoms with E-state index in [-0.39, 0.29) is 5.60 Å². The smallest absolute Gasteiger partial charge is 0.133 e. The van der Waals surface area contributed by atoms with Crippen LogP contribution < -0.4 is 0 Å². The molecule has 1 saturated heterocycles. The van der Waals surface area contributed by atoms with E-state index in [0.717, 1.165) is 6.42 Å². The minimum atomic E-state index is -0.0839. The van der Waals surface area contributed by atoms with Gasteiger partial charge >= 0.3 is 0 Å². The molecule has 0 aromatic rings. The molecule has 1 fully saturated rings. The van der Waals surface area contributed by atoms with E-state index in [2.05, 4.69) is 17.1 Å². The molecule has 2 bridgehead atoms. The van der Waals surface area contributed by atoms with Gasteiger partial charge in [-0.3, -0.25) is 4.99 Å². The Balaban J connectivity index is 2.20. The number of nitrogens with zero attached hydrogens (tertiary/aromatic N) is 1. The van der Waals surface area contributed by atoms with Crippen LogP contribution in [0.4, 0.5) is 0 Å². The highest BCUT2D eigenvalue weighted by atomic mass is 16.5. The molecule has 0 saturated carbocycles. The summed E-state index contributed by atoms with van der Waals surface area (Å²) in [4.78, 5) is 4.07. The van der Waals surface area contributed by atoms with Crippen LogP contribution in [0.3, 0.4) is 0 Å². The van der Waals surface area contributed by atoms with E-state index in [1.54, 1.807) is 0 Å². The third kappa shape index (κ3) is 0.361. The lowest BCUT2D eigenvalue weighted by Gasteiger charge is -2.46. The summed E-state index contributed by atoms with van der Waals surface area (Å²) in [5.41, 5.74) is 1.13. The number of hydrogen-bond donors (Lipinski definition) is 0. The second kappa shape index (κ2) is 1.25. The van der Waals surface area contributed by atoms with Crippen molar-refractivity contribution in [2.24, 2.45) is 4.99 Å². The molecule has 0 N–H and O–H groups in total. The van der Waals surface area contributed by atoms with Crippen molar-refractivity contribution in [1.82, 2.24) is 0 Å². The fourth-order valence-corrected chi connectivity index (χ4v) is 1.75. The van der Waals surface area contributed by atoms with Crippen LogP contribution in [0.2, 0.25) is 0 Å². The first kappa shape index (κ1) is 4.85. The topological polar surface area (TPSA) is 21.6 Å². The minimum Gasteiger partial charge on any atom is -0.357 e. The van der Waals surface area contributed by atoms with Crippen molar-refractivity contribution >= 4 is 6.21 Å². The molecule has 2 heteroatoms. The standard InChI is InChI=1S/C8H7NO/c1-2-7-3-8(10-7)5-9-4-6(1)8/h1-2,4-5,7H,3H2. The Kier molecular flexibility index (Phi) is 0.607. The maximum atomic E-state index is 5.58. The van der Waals surface area contributed by atoms with E-state index in [0.29, 0.717) is 6.10 Å². The summed E-state index contributed by atoms with van der Waals surface area (Å²) in [6, 6.07) is 0. The Morgan fingerprint density at radius 2 is 2.60 bits per heavy atom. The molecule has 0 aromatic carbocycles. The predicted octanol–water partition coefficient (Wildman–Crippen LogP) is 1.05. The van der Waals surface area contributed by atoms with Crippen molar-refractivity contribution in [2.75, 3.05) is 0 Å². The molecule has 2 nitrogen and oxygen atoms in total. The van der Waals surface area contributed by atoms with Gasteiger partial charge in [-0.1, -0.05) is 12.2 Å². The van der Waals surface area contributed by atoms with Gasteiger partial charge in [0.25, 0.3) is 0 Å². The third-order valence-corrected chi connectivity index (χ3v) is 2.34. The quantitative estimate of drug-likeness (QED) is 0.484. The van der Waals surface area contributed by atoms with Crippen molar-refractivity contribution < 1.29 is 4.74 Å². The number of hydrogen-bond acceptors (Lipinski definition) is 2. The first-order valence-electron chi connectivity index (χ1n) is 3.50. The van der Waals surface area contributed by atoms with E-state index in [4.69, 9.17) is 4.74 Å². The summed E-state index contributed by atoms with van der Waals surface area (Å²) in [6.45, 7) is 0. The Labute approximate surface area is 58.9 Å². The maximum Gasteiger partial charge on any atom is 0.133 e. The molecule has 0 amide bonds. The van der Waals surface area contributed by atoms with Crippen molar-refractivity contribution in [3.05, 3.63) is 23.9 Å². The Morgan fingerprint density at radius 3 is 3.40 bits per heavy atom. The fourth-order valence-electron chi connectivity index (χ4n) is 1.75. The van der Waals surface area contributed by atoms with Gasteiger partial charge in [-0.05, 0) is 0 Å². The second-order valence-electron chi connectivity index (χ2n) is 2.97. The van der Waals surface area contributed by atoms with Crippen LogP contribution in [-0.2, 0) is 4.74 Å². The molecular formula is C8H7NO. The summed E-state index contributed by atoms with van der Waals surface area (Å²) < 4.78 is 5.58. The molecule has 2 unspecified atom stereocenters. The second-order valence-corrected chi connectivity index (χ2v) is 2.97. The first-order chi connectivity index (χ1) is 4.89. The number of aliphatic imine (C=N–C) groups is 1. The fraction of sp³-hybridized carbons (Fsp3) is 0.375. The van der Waals surface area contributed by atoms with E-state index in [1.165, 1.54) is 5.57 Å². The monoisotopic (exact) mass is 133 g/mol. The highest BCUT2D eigenvalue weighted by Crippen LogP contribution is 2.44. The van der Waals surface area contributed by atoms with Crippen LogP contribution in [0.5, 0.6) is 0 Å². The SMILES string of the molecule is C1=CC2CC3(C=NC=C13)O2. The Hall–Kier alpha value is -0.890. The van der Waals surface area contributed by atoms with Gasteiger partial charge in [0.2, 0.25) is 0 Å². The zero-order valence-electron chi connectivity index (χ0n) is 5.45. The lowest BCUT2D eigenvalue weighted by molar-refractivity contribution is -0.116. The molecule has 50 valence electrons. The van der Waals surface area contributed by atoms with Crippen molar-refractivity contribution in [2.45, 2.75) is 18.1 Å². The van der Waals surface area contributed by atoms with E-state index < -0.39 is 0 Å². The molecule has 4 rings (SSSR count). The molecule has 2 atom stereocenters. The zero-order valence-corrected chi connectivity index (χ0v) is 5.45. The van der Waals surface area contributed by atoms with Crippen LogP contribution in [0, 0.1) is 0 Å². The van der Waals surface area contributed by atoms with Gasteiger partial charge in [0.1, 0.15) is 5.60 Å². The average Bonchev–Trinajstić information content (AvgIpc) is 2.28. The number of rotatable bonds is 0. The lowest BCUT2D eigenvalue weighted by Crippen LogP contribution is -2.53. The summed E-state index contributed by atoms with van der Waals surface area (Å²) in [5.74, 6) is 0. The summed E-state index contributed by atoms with van der Waals surface area (Å²) in [7, 11) is 0. The van der Waals surface area contributed by atoms with Crippen LogP contribution in [0.15, 0.2) is 28.9 Å². The molecule has 1 aliphatic carbocycles. The van der Waals surface area contributed by atoms with Gasteiger partial charge in [-0.2, -0.15) is 0 Å². The molecule has 3 heterocycles. The molecule has 10 heavy (non-hydrogen) atoms. The van der Waals surface area contributed by atoms with Crippen molar-refractivity contribution in [3.8, 4) is 0 Å². The predicted molar refractivity (Wildman–Crippen MR) is 37.9 cm³/mol. The van der Waals surface area contributed by atoms with Gasteiger partial charge in [0, 0.05) is 24.4 Å². The van der Waals surface area contributed by atoms with Crippen LogP contribution in [-0.4, -0.2) is 17.9 Å². The van der Waals surface area contributed by atoms with E-state index >= 15 is 0 Å². The van der Waals surface area contributed by atoms with E-state index in [1.807, 2.05) is 12.4 Å². The van der Waals surface area contributed by atoms with Crippen LogP contribution in [0.25, 0.3) is 0 Å². The Morgan fingerprint density at radius 1 is 1.70 bits per heavy atom. The largest absolute Gasteiger partial charge is 0.357 e. The molecule has 0 radical (unpaired) electrons. The average molecular weight is 133 g/mol. The van der Waals surface area contributed by atoms with Crippen molar-refractivity contribution in [3.63, 3.8) is 0 Å². The zero-order chi connectivity index (χ0) is 6.60. The van der Waals surface area contributed by atoms with Gasteiger partial charge in [-0.25, -0.2) is 0 Å². The summed E-state index contributed by atoms with van der Waals surface area (Å²) in [5, 5.41) is 0. The maximum absolute atomic E-state index is 5.58. The van der Waals surface area contributed by atoms with E-state index in [9.17, 15) is 0 Å². The van der Waals surface area contributed by atoms with Gasteiger partial charge in [0.05, 0.1) is 6.10 Å². The third-order valence-electron chi connectivity index (χ3n) is 2.34. The summed E-state index contributed by atoms with van der Waals surface area (Å²) >= 11 is 0. The van der Waals surface area contributed by atoms with Crippen molar-refractivity contribution in [1.29, 1.82) is 0 Å².